The standard InChI is InChI=1S/C51H38Si/c1-7-19-43(20-8-1)51(44-21-9-2-10-22-44,45-23-11-3-12-24-45)46-37-33-41(34-38-46)31-32-42-35-39-50(40-36-42)52(47-25-13-4-14-26-47,48-27-15-5-16-28-48)49-29-17-6-18-30-49/h1-30,33-40H. The van der Waals surface area contributed by atoms with Crippen molar-refractivity contribution in [3.63, 3.8) is 0 Å². The summed E-state index contributed by atoms with van der Waals surface area (Å²) in [5.74, 6) is 6.95. The van der Waals surface area contributed by atoms with E-state index in [9.17, 15) is 0 Å². The van der Waals surface area contributed by atoms with Crippen LogP contribution in [-0.4, -0.2) is 8.07 Å². The molecule has 8 rings (SSSR count). The maximum absolute atomic E-state index is 3.48. The van der Waals surface area contributed by atoms with E-state index >= 15 is 0 Å². The molecule has 0 radical (unpaired) electrons. The van der Waals surface area contributed by atoms with E-state index in [4.69, 9.17) is 0 Å². The van der Waals surface area contributed by atoms with Crippen molar-refractivity contribution in [3.8, 4) is 11.8 Å². The Hall–Kier alpha value is -6.46. The zero-order valence-electron chi connectivity index (χ0n) is 28.9. The first-order chi connectivity index (χ1) is 25.8. The average Bonchev–Trinajstić information content (AvgIpc) is 3.24. The fourth-order valence-electron chi connectivity index (χ4n) is 7.88. The Morgan fingerprint density at radius 3 is 0.827 bits per heavy atom. The van der Waals surface area contributed by atoms with Crippen molar-refractivity contribution in [2.75, 3.05) is 0 Å². The van der Waals surface area contributed by atoms with Crippen LogP contribution in [0.1, 0.15) is 33.4 Å². The lowest BCUT2D eigenvalue weighted by atomic mass is 9.65. The minimum atomic E-state index is -2.57. The third-order valence-corrected chi connectivity index (χ3v) is 15.0. The third-order valence-electron chi connectivity index (χ3n) is 10.2. The summed E-state index contributed by atoms with van der Waals surface area (Å²) in [6, 6.07) is 83.4. The molecule has 0 aliphatic heterocycles. The molecule has 0 N–H and O–H groups in total. The first-order valence-corrected chi connectivity index (χ1v) is 19.9. The summed E-state index contributed by atoms with van der Waals surface area (Å²) in [6.07, 6.45) is 0. The Bertz CT molecular complexity index is 2030. The van der Waals surface area contributed by atoms with Gasteiger partial charge in [0.15, 0.2) is 8.07 Å². The van der Waals surface area contributed by atoms with Crippen LogP contribution in [0, 0.1) is 11.8 Å². The second-order valence-electron chi connectivity index (χ2n) is 13.1. The molecule has 0 saturated carbocycles. The van der Waals surface area contributed by atoms with Crippen molar-refractivity contribution in [1.82, 2.24) is 0 Å². The summed E-state index contributed by atoms with van der Waals surface area (Å²) in [6.45, 7) is 0. The molecular weight excluding hydrogens is 641 g/mol. The molecule has 0 aliphatic carbocycles. The lowest BCUT2D eigenvalue weighted by molar-refractivity contribution is 0.745. The molecule has 1 heteroatoms. The van der Waals surface area contributed by atoms with Gasteiger partial charge in [-0.15, -0.1) is 0 Å². The van der Waals surface area contributed by atoms with Gasteiger partial charge in [0.1, 0.15) is 0 Å². The second kappa shape index (κ2) is 14.8. The van der Waals surface area contributed by atoms with E-state index in [2.05, 4.69) is 242 Å². The highest BCUT2D eigenvalue weighted by Crippen LogP contribution is 2.45. The molecule has 246 valence electrons. The van der Waals surface area contributed by atoms with E-state index in [-0.39, 0.29) is 0 Å². The van der Waals surface area contributed by atoms with Gasteiger partial charge in [-0.2, -0.15) is 0 Å². The Morgan fingerprint density at radius 1 is 0.250 bits per heavy atom. The summed E-state index contributed by atoms with van der Waals surface area (Å²) in [5, 5.41) is 5.43. The van der Waals surface area contributed by atoms with Gasteiger partial charge in [-0.1, -0.05) is 218 Å². The van der Waals surface area contributed by atoms with Crippen LogP contribution in [0.4, 0.5) is 0 Å². The maximum atomic E-state index is 3.48. The summed E-state index contributed by atoms with van der Waals surface area (Å²) >= 11 is 0. The Labute approximate surface area is 308 Å². The number of benzene rings is 8. The molecule has 8 aromatic carbocycles. The van der Waals surface area contributed by atoms with Gasteiger partial charge in [0.2, 0.25) is 0 Å². The molecule has 52 heavy (non-hydrogen) atoms. The molecule has 8 aromatic rings. The van der Waals surface area contributed by atoms with Gasteiger partial charge < -0.3 is 0 Å². The van der Waals surface area contributed by atoms with Crippen LogP contribution in [0.3, 0.4) is 0 Å². The molecule has 0 bridgehead atoms. The molecule has 0 heterocycles. The van der Waals surface area contributed by atoms with Crippen molar-refractivity contribution < 1.29 is 0 Å². The summed E-state index contributed by atoms with van der Waals surface area (Å²) in [7, 11) is -2.57. The fourth-order valence-corrected chi connectivity index (χ4v) is 12.6. The van der Waals surface area contributed by atoms with Crippen LogP contribution in [0.5, 0.6) is 0 Å². The van der Waals surface area contributed by atoms with Crippen LogP contribution in [0.2, 0.25) is 0 Å². The lowest BCUT2D eigenvalue weighted by Gasteiger charge is -2.36. The topological polar surface area (TPSA) is 0 Å². The van der Waals surface area contributed by atoms with Crippen molar-refractivity contribution in [3.05, 3.63) is 264 Å². The summed E-state index contributed by atoms with van der Waals surface area (Å²) in [4.78, 5) is 0. The minimum Gasteiger partial charge on any atom is -0.0623 e. The van der Waals surface area contributed by atoms with Crippen LogP contribution < -0.4 is 20.7 Å². The SMILES string of the molecule is C(#Cc1ccc([Si](c2ccccc2)(c2ccccc2)c2ccccc2)cc1)c1ccc(C(c2ccccc2)(c2ccccc2)c2ccccc2)cc1. The lowest BCUT2D eigenvalue weighted by Crippen LogP contribution is -2.74. The molecule has 0 fully saturated rings. The molecular formula is C51H38Si. The predicted octanol–water partition coefficient (Wildman–Crippen LogP) is 8.85. The van der Waals surface area contributed by atoms with Crippen LogP contribution in [0.25, 0.3) is 0 Å². The smallest absolute Gasteiger partial charge is 0.0623 e. The Morgan fingerprint density at radius 2 is 0.500 bits per heavy atom. The molecule has 0 aliphatic rings. The van der Waals surface area contributed by atoms with E-state index < -0.39 is 13.5 Å². The largest absolute Gasteiger partial charge is 0.179 e. The average molecular weight is 679 g/mol. The molecule has 0 spiro atoms. The van der Waals surface area contributed by atoms with E-state index in [1.165, 1.54) is 43.0 Å². The van der Waals surface area contributed by atoms with Gasteiger partial charge in [0.05, 0.1) is 5.41 Å². The zero-order valence-corrected chi connectivity index (χ0v) is 29.9. The number of hydrogen-bond donors (Lipinski definition) is 0. The van der Waals surface area contributed by atoms with Crippen molar-refractivity contribution in [2.24, 2.45) is 0 Å². The van der Waals surface area contributed by atoms with Gasteiger partial charge >= 0.3 is 0 Å². The summed E-state index contributed by atoms with van der Waals surface area (Å²) in [5.41, 5.74) is 6.40. The highest BCUT2D eigenvalue weighted by atomic mass is 28.3. The minimum absolute atomic E-state index is 0.474. The quantitative estimate of drug-likeness (QED) is 0.0856. The van der Waals surface area contributed by atoms with Gasteiger partial charge in [-0.25, -0.2) is 0 Å². The summed E-state index contributed by atoms with van der Waals surface area (Å²) < 4.78 is 0. The number of hydrogen-bond acceptors (Lipinski definition) is 0. The first kappa shape index (κ1) is 32.7. The van der Waals surface area contributed by atoms with Gasteiger partial charge in [0.25, 0.3) is 0 Å². The van der Waals surface area contributed by atoms with Gasteiger partial charge in [0, 0.05) is 11.1 Å². The highest BCUT2D eigenvalue weighted by molar-refractivity contribution is 7.19. The monoisotopic (exact) mass is 678 g/mol. The van der Waals surface area contributed by atoms with Crippen LogP contribution >= 0.6 is 0 Å². The Balaban J connectivity index is 1.18. The van der Waals surface area contributed by atoms with Crippen LogP contribution in [-0.2, 0) is 5.41 Å². The Kier molecular flexibility index (Phi) is 9.31. The molecule has 0 nitrogen and oxygen atoms in total. The van der Waals surface area contributed by atoms with E-state index in [1.54, 1.807) is 0 Å². The van der Waals surface area contributed by atoms with Crippen molar-refractivity contribution >= 4 is 28.8 Å². The third kappa shape index (κ3) is 6.00. The second-order valence-corrected chi connectivity index (χ2v) is 16.9. The fraction of sp³-hybridized carbons (Fsp3) is 0.0196. The maximum Gasteiger partial charge on any atom is 0.179 e. The molecule has 0 aromatic heterocycles. The molecule has 0 atom stereocenters. The van der Waals surface area contributed by atoms with E-state index in [1.807, 2.05) is 0 Å². The molecule has 0 saturated heterocycles. The van der Waals surface area contributed by atoms with E-state index in [0.29, 0.717) is 0 Å². The number of rotatable bonds is 8. The van der Waals surface area contributed by atoms with Crippen molar-refractivity contribution in [1.29, 1.82) is 0 Å². The molecule has 0 unspecified atom stereocenters. The van der Waals surface area contributed by atoms with Gasteiger partial charge in [-0.3, -0.25) is 0 Å². The van der Waals surface area contributed by atoms with Crippen LogP contribution in [0.15, 0.2) is 231 Å². The van der Waals surface area contributed by atoms with Gasteiger partial charge in [-0.05, 0) is 67.3 Å². The predicted molar refractivity (Wildman–Crippen MR) is 221 cm³/mol. The first-order valence-electron chi connectivity index (χ1n) is 17.9. The van der Waals surface area contributed by atoms with E-state index in [0.717, 1.165) is 11.1 Å². The highest BCUT2D eigenvalue weighted by Gasteiger charge is 2.41. The molecule has 0 amide bonds. The normalized spacial score (nSPS) is 11.3. The van der Waals surface area contributed by atoms with Crippen molar-refractivity contribution in [2.45, 2.75) is 5.41 Å². The zero-order chi connectivity index (χ0) is 35.1.